The Kier molecular flexibility index (Phi) is 9.23. The molecule has 2 aromatic heterocycles. The Morgan fingerprint density at radius 1 is 1.09 bits per heavy atom. The number of thiazole rings is 1. The lowest BCUT2D eigenvalue weighted by molar-refractivity contribution is -0.189. The number of hydrogen-bond acceptors (Lipinski definition) is 10. The lowest BCUT2D eigenvalue weighted by Gasteiger charge is -2.18. The van der Waals surface area contributed by atoms with Gasteiger partial charge in [-0.2, -0.15) is 13.2 Å². The lowest BCUT2D eigenvalue weighted by atomic mass is 10.0. The molecule has 0 unspecified atom stereocenters. The number of rotatable bonds is 9. The maximum Gasteiger partial charge on any atom is 0.491 e. The molecule has 45 heavy (non-hydrogen) atoms. The second-order valence-corrected chi connectivity index (χ2v) is 13.2. The molecule has 236 valence electrons. The number of sulfone groups is 1. The van der Waals surface area contributed by atoms with E-state index in [0.717, 1.165) is 49.2 Å². The summed E-state index contributed by atoms with van der Waals surface area (Å²) in [6, 6.07) is 11.0. The van der Waals surface area contributed by atoms with Crippen LogP contribution in [0.2, 0.25) is 0 Å². The Bertz CT molecular complexity index is 1840. The van der Waals surface area contributed by atoms with Gasteiger partial charge in [-0.1, -0.05) is 6.07 Å². The molecule has 3 heterocycles. The normalized spacial score (nSPS) is 13.9. The van der Waals surface area contributed by atoms with E-state index in [4.69, 9.17) is 9.47 Å². The van der Waals surface area contributed by atoms with Gasteiger partial charge in [-0.15, -0.1) is 11.3 Å². The van der Waals surface area contributed by atoms with Gasteiger partial charge in [0.05, 0.1) is 21.8 Å². The number of likely N-dealkylation sites (tertiary alicyclic amines) is 1. The van der Waals surface area contributed by atoms with E-state index >= 15 is 0 Å². The van der Waals surface area contributed by atoms with Crippen molar-refractivity contribution in [1.82, 2.24) is 14.9 Å². The fourth-order valence-corrected chi connectivity index (χ4v) is 6.01. The van der Waals surface area contributed by atoms with Crippen LogP contribution in [-0.2, 0) is 21.2 Å². The Hall–Kier alpha value is -4.34. The lowest BCUT2D eigenvalue weighted by Crippen LogP contribution is -2.29. The molecule has 1 amide bonds. The highest BCUT2D eigenvalue weighted by Gasteiger charge is 2.42. The molecular formula is C30H27F3N4O6S2. The maximum absolute atomic E-state index is 13.7. The first-order valence-corrected chi connectivity index (χ1v) is 16.4. The van der Waals surface area contributed by atoms with Gasteiger partial charge in [-0.3, -0.25) is 20.0 Å². The van der Waals surface area contributed by atoms with Gasteiger partial charge in [0.15, 0.2) is 26.5 Å². The van der Waals surface area contributed by atoms with Crippen molar-refractivity contribution < 1.29 is 40.7 Å². The summed E-state index contributed by atoms with van der Waals surface area (Å²) in [6.07, 6.45) is -0.699. The number of carbonyl (C=O) groups is 2. The van der Waals surface area contributed by atoms with Gasteiger partial charge >= 0.3 is 12.1 Å². The van der Waals surface area contributed by atoms with Gasteiger partial charge in [0, 0.05) is 29.9 Å². The number of pyridine rings is 1. The van der Waals surface area contributed by atoms with E-state index in [0.29, 0.717) is 17.8 Å². The molecule has 1 fully saturated rings. The molecule has 10 nitrogen and oxygen atoms in total. The van der Waals surface area contributed by atoms with Crippen molar-refractivity contribution in [2.24, 2.45) is 0 Å². The monoisotopic (exact) mass is 660 g/mol. The first-order chi connectivity index (χ1) is 21.3. The second-order valence-electron chi connectivity index (χ2n) is 10.3. The van der Waals surface area contributed by atoms with Gasteiger partial charge < -0.3 is 9.47 Å². The molecule has 5 rings (SSSR count). The first kappa shape index (κ1) is 32.1. The number of carbonyl (C=O) groups excluding carboxylic acids is 2. The van der Waals surface area contributed by atoms with Crippen molar-refractivity contribution in [3.63, 3.8) is 0 Å². The van der Waals surface area contributed by atoms with E-state index in [1.807, 2.05) is 0 Å². The first-order valence-electron chi connectivity index (χ1n) is 13.6. The minimum Gasteiger partial charge on any atom is -0.453 e. The molecule has 0 bridgehead atoms. The summed E-state index contributed by atoms with van der Waals surface area (Å²) in [5, 5.41) is 4.57. The van der Waals surface area contributed by atoms with E-state index in [1.165, 1.54) is 42.6 Å². The van der Waals surface area contributed by atoms with E-state index in [-0.39, 0.29) is 21.3 Å². The number of aryl methyl sites for hydroxylation is 1. The standard InChI is InChI=1S/C30H27F3N4O6S2/c1-18-6-5-11-34-25(18)19-14-23(27(38)36-29-35-20(17-44-29)16-37-12-3-4-13-37)26(43-28(39)30(31,32)33)24(15-19)42-21-7-9-22(10-8-21)45(2,40)41/h5-11,14-15,17H,3-4,12-13,16H2,1-2H3,(H,35,36,38). The second kappa shape index (κ2) is 12.9. The summed E-state index contributed by atoms with van der Waals surface area (Å²) in [6.45, 7) is 4.21. The summed E-state index contributed by atoms with van der Waals surface area (Å²) < 4.78 is 74.6. The molecule has 1 aliphatic heterocycles. The molecule has 0 radical (unpaired) electrons. The topological polar surface area (TPSA) is 128 Å². The van der Waals surface area contributed by atoms with E-state index in [1.54, 1.807) is 24.4 Å². The van der Waals surface area contributed by atoms with Gasteiger partial charge in [-0.05, 0) is 80.9 Å². The van der Waals surface area contributed by atoms with Crippen molar-refractivity contribution >= 4 is 38.2 Å². The largest absolute Gasteiger partial charge is 0.491 e. The number of ether oxygens (including phenoxy) is 2. The Balaban J connectivity index is 1.58. The van der Waals surface area contributed by atoms with Crippen molar-refractivity contribution in [3.05, 3.63) is 76.9 Å². The van der Waals surface area contributed by atoms with Crippen LogP contribution >= 0.6 is 11.3 Å². The molecule has 2 aromatic carbocycles. The van der Waals surface area contributed by atoms with Crippen LogP contribution in [0.15, 0.2) is 65.0 Å². The third-order valence-corrected chi connectivity index (χ3v) is 8.78. The van der Waals surface area contributed by atoms with Crippen LogP contribution in [-0.4, -0.2) is 60.7 Å². The van der Waals surface area contributed by atoms with Crippen LogP contribution in [0, 0.1) is 6.92 Å². The van der Waals surface area contributed by atoms with Crippen LogP contribution in [0.25, 0.3) is 11.3 Å². The van der Waals surface area contributed by atoms with Crippen molar-refractivity contribution in [2.75, 3.05) is 24.7 Å². The summed E-state index contributed by atoms with van der Waals surface area (Å²) in [5.74, 6) is -4.69. The van der Waals surface area contributed by atoms with Crippen LogP contribution in [0.1, 0.15) is 34.5 Å². The zero-order valence-corrected chi connectivity index (χ0v) is 25.7. The smallest absolute Gasteiger partial charge is 0.453 e. The number of nitrogens with zero attached hydrogens (tertiary/aromatic N) is 3. The van der Waals surface area contributed by atoms with Crippen LogP contribution in [0.3, 0.4) is 0 Å². The molecule has 0 atom stereocenters. The summed E-state index contributed by atoms with van der Waals surface area (Å²) in [5.41, 5.74) is 1.62. The van der Waals surface area contributed by atoms with Crippen LogP contribution in [0.4, 0.5) is 18.3 Å². The molecule has 0 aliphatic carbocycles. The fraction of sp³-hybridized carbons (Fsp3) is 0.267. The Labute approximate surface area is 260 Å². The van der Waals surface area contributed by atoms with Crippen molar-refractivity contribution in [3.8, 4) is 28.5 Å². The summed E-state index contributed by atoms with van der Waals surface area (Å²) in [7, 11) is -3.55. The predicted octanol–water partition coefficient (Wildman–Crippen LogP) is 6.03. The number of hydrogen-bond donors (Lipinski definition) is 1. The van der Waals surface area contributed by atoms with Gasteiger partial charge in [0.1, 0.15) is 5.75 Å². The molecule has 4 aromatic rings. The Morgan fingerprint density at radius 3 is 2.44 bits per heavy atom. The average Bonchev–Trinajstić information content (AvgIpc) is 3.65. The summed E-state index contributed by atoms with van der Waals surface area (Å²) >= 11 is 1.14. The highest BCUT2D eigenvalue weighted by Crippen LogP contribution is 2.41. The molecule has 0 saturated carbocycles. The van der Waals surface area contributed by atoms with E-state index in [9.17, 15) is 31.2 Å². The molecule has 15 heteroatoms. The van der Waals surface area contributed by atoms with Gasteiger partial charge in [-0.25, -0.2) is 18.2 Å². The van der Waals surface area contributed by atoms with Gasteiger partial charge in [0.2, 0.25) is 0 Å². The molecular weight excluding hydrogens is 633 g/mol. The Morgan fingerprint density at radius 2 is 1.80 bits per heavy atom. The SMILES string of the molecule is Cc1cccnc1-c1cc(Oc2ccc(S(C)(=O)=O)cc2)c(OC(=O)C(F)(F)F)c(C(=O)Nc2nc(CN3CCCC3)cs2)c1. The minimum atomic E-state index is -5.39. The molecule has 1 N–H and O–H groups in total. The third kappa shape index (κ3) is 7.85. The highest BCUT2D eigenvalue weighted by atomic mass is 32.2. The number of amides is 1. The molecule has 0 spiro atoms. The van der Waals surface area contributed by atoms with Crippen molar-refractivity contribution in [1.29, 1.82) is 0 Å². The number of alkyl halides is 3. The number of halogens is 3. The quantitative estimate of drug-likeness (QED) is 0.169. The van der Waals surface area contributed by atoms with Crippen molar-refractivity contribution in [2.45, 2.75) is 37.4 Å². The predicted molar refractivity (Wildman–Crippen MR) is 160 cm³/mol. The highest BCUT2D eigenvalue weighted by molar-refractivity contribution is 7.90. The third-order valence-electron chi connectivity index (χ3n) is 6.84. The molecule has 1 aliphatic rings. The average molecular weight is 661 g/mol. The van der Waals surface area contributed by atoms with E-state index < -0.39 is 45.0 Å². The van der Waals surface area contributed by atoms with Crippen LogP contribution in [0.5, 0.6) is 17.2 Å². The number of esters is 1. The zero-order chi connectivity index (χ0) is 32.4. The maximum atomic E-state index is 13.7. The zero-order valence-electron chi connectivity index (χ0n) is 24.1. The minimum absolute atomic E-state index is 0.000522. The fourth-order valence-electron chi connectivity index (χ4n) is 4.68. The summed E-state index contributed by atoms with van der Waals surface area (Å²) in [4.78, 5) is 36.7. The number of anilines is 1. The molecule has 1 saturated heterocycles. The number of aromatic nitrogens is 2. The number of nitrogens with one attached hydrogen (secondary N) is 1. The van der Waals surface area contributed by atoms with Gasteiger partial charge in [0.25, 0.3) is 5.91 Å². The van der Waals surface area contributed by atoms with Crippen LogP contribution < -0.4 is 14.8 Å². The van der Waals surface area contributed by atoms with E-state index in [2.05, 4.69) is 20.2 Å². The number of benzene rings is 2.